The molecule has 0 aliphatic carbocycles. The summed E-state index contributed by atoms with van der Waals surface area (Å²) in [6, 6.07) is 16.6. The van der Waals surface area contributed by atoms with Crippen LogP contribution < -0.4 is 15.5 Å². The van der Waals surface area contributed by atoms with Gasteiger partial charge >= 0.3 is 0 Å². The average molecular weight is 486 g/mol. The minimum atomic E-state index is -0.741. The van der Waals surface area contributed by atoms with Crippen molar-refractivity contribution in [3.8, 4) is 0 Å². The largest absolute Gasteiger partial charge is 0.358 e. The maximum atomic E-state index is 13.8. The first-order chi connectivity index (χ1) is 15.9. The lowest BCUT2D eigenvalue weighted by molar-refractivity contribution is 0.0987. The van der Waals surface area contributed by atoms with Gasteiger partial charge < -0.3 is 15.5 Å². The van der Waals surface area contributed by atoms with Crippen LogP contribution in [0.3, 0.4) is 0 Å². The summed E-state index contributed by atoms with van der Waals surface area (Å²) < 4.78 is 27.6. The van der Waals surface area contributed by atoms with Gasteiger partial charge in [-0.25, -0.2) is 8.78 Å². The average Bonchev–Trinajstić information content (AvgIpc) is 3.03. The molecule has 3 aromatic rings. The number of thiocarbonyl (C=S) groups is 1. The molecule has 3 aromatic carbocycles. The lowest BCUT2D eigenvalue weighted by atomic mass is 10.1. The van der Waals surface area contributed by atoms with Crippen LogP contribution in [0.15, 0.2) is 60.7 Å². The van der Waals surface area contributed by atoms with E-state index in [0.717, 1.165) is 37.1 Å². The summed E-state index contributed by atoms with van der Waals surface area (Å²) in [5, 5.41) is 5.86. The summed E-state index contributed by atoms with van der Waals surface area (Å²) in [6.45, 7) is 0.880. The third kappa shape index (κ3) is 5.31. The monoisotopic (exact) mass is 485 g/mol. The van der Waals surface area contributed by atoms with Crippen LogP contribution in [0.1, 0.15) is 34.3 Å². The first kappa shape index (κ1) is 23.1. The highest BCUT2D eigenvalue weighted by atomic mass is 35.5. The van der Waals surface area contributed by atoms with E-state index in [9.17, 15) is 13.6 Å². The molecule has 2 N–H and O–H groups in total. The molecule has 1 aliphatic heterocycles. The SMILES string of the molecule is O=C(c1ccc(CNC(=S)Nc2c(F)cccc2F)c(Cl)c1)N1CCCCc2ccccc21. The highest BCUT2D eigenvalue weighted by Gasteiger charge is 2.22. The van der Waals surface area contributed by atoms with Crippen LogP contribution in [-0.2, 0) is 13.0 Å². The predicted octanol–water partition coefficient (Wildman–Crippen LogP) is 6.09. The second-order valence-electron chi connectivity index (χ2n) is 7.75. The van der Waals surface area contributed by atoms with Crippen molar-refractivity contribution in [1.29, 1.82) is 0 Å². The molecule has 33 heavy (non-hydrogen) atoms. The van der Waals surface area contributed by atoms with Crippen LogP contribution in [0.5, 0.6) is 0 Å². The molecule has 0 unspecified atom stereocenters. The summed E-state index contributed by atoms with van der Waals surface area (Å²) in [5.74, 6) is -1.58. The molecule has 0 spiro atoms. The molecule has 8 heteroatoms. The Morgan fingerprint density at radius 3 is 2.55 bits per heavy atom. The number of amides is 1. The first-order valence-corrected chi connectivity index (χ1v) is 11.4. The molecule has 0 radical (unpaired) electrons. The van der Waals surface area contributed by atoms with E-state index in [1.807, 2.05) is 23.1 Å². The predicted molar refractivity (Wildman–Crippen MR) is 132 cm³/mol. The number of nitrogens with one attached hydrogen (secondary N) is 2. The number of carbonyl (C=O) groups excluding carboxylic acids is 1. The summed E-state index contributed by atoms with van der Waals surface area (Å²) >= 11 is 11.6. The Balaban J connectivity index is 1.44. The zero-order valence-corrected chi connectivity index (χ0v) is 19.3. The van der Waals surface area contributed by atoms with Crippen molar-refractivity contribution in [3.63, 3.8) is 0 Å². The van der Waals surface area contributed by atoms with Crippen molar-refractivity contribution in [2.45, 2.75) is 25.8 Å². The van der Waals surface area contributed by atoms with Gasteiger partial charge in [0.15, 0.2) is 5.11 Å². The number of benzene rings is 3. The van der Waals surface area contributed by atoms with Crippen molar-refractivity contribution >= 4 is 46.2 Å². The number of anilines is 2. The highest BCUT2D eigenvalue weighted by Crippen LogP contribution is 2.28. The lowest BCUT2D eigenvalue weighted by Crippen LogP contribution is -2.32. The number of nitrogens with zero attached hydrogens (tertiary/aromatic N) is 1. The number of rotatable bonds is 4. The maximum absolute atomic E-state index is 13.8. The fourth-order valence-corrected chi connectivity index (χ4v) is 4.25. The molecule has 0 bridgehead atoms. The third-order valence-electron chi connectivity index (χ3n) is 5.55. The standard InChI is InChI=1S/C25H22ClF2N3OS/c26-19-14-17(24(32)31-13-4-3-7-16-6-1-2-10-22(16)31)11-12-18(19)15-29-25(33)30-23-20(27)8-5-9-21(23)28/h1-2,5-6,8-12,14H,3-4,7,13,15H2,(H2,29,30,33). The van der Waals surface area contributed by atoms with Gasteiger partial charge in [0.05, 0.1) is 0 Å². The highest BCUT2D eigenvalue weighted by molar-refractivity contribution is 7.80. The molecular weight excluding hydrogens is 464 g/mol. The number of fused-ring (bicyclic) bond motifs is 1. The van der Waals surface area contributed by atoms with E-state index in [1.54, 1.807) is 18.2 Å². The van der Waals surface area contributed by atoms with E-state index in [4.69, 9.17) is 23.8 Å². The number of aryl methyl sites for hydroxylation is 1. The Kier molecular flexibility index (Phi) is 7.20. The van der Waals surface area contributed by atoms with E-state index >= 15 is 0 Å². The molecule has 1 heterocycles. The van der Waals surface area contributed by atoms with Crippen LogP contribution in [-0.4, -0.2) is 17.6 Å². The van der Waals surface area contributed by atoms with Gasteiger partial charge in [0.2, 0.25) is 0 Å². The van der Waals surface area contributed by atoms with Crippen molar-refractivity contribution in [3.05, 3.63) is 94.0 Å². The Labute approximate surface area is 201 Å². The molecule has 4 rings (SSSR count). The van der Waals surface area contributed by atoms with Crippen LogP contribution in [0, 0.1) is 11.6 Å². The quantitative estimate of drug-likeness (QED) is 0.439. The number of para-hydroxylation sites is 2. The molecule has 0 aromatic heterocycles. The Morgan fingerprint density at radius 1 is 1.03 bits per heavy atom. The van der Waals surface area contributed by atoms with Crippen molar-refractivity contribution in [2.24, 2.45) is 0 Å². The van der Waals surface area contributed by atoms with Gasteiger partial charge in [-0.3, -0.25) is 4.79 Å². The van der Waals surface area contributed by atoms with Crippen LogP contribution in [0.4, 0.5) is 20.2 Å². The molecule has 0 atom stereocenters. The van der Waals surface area contributed by atoms with Crippen LogP contribution in [0.25, 0.3) is 0 Å². The zero-order valence-electron chi connectivity index (χ0n) is 17.7. The summed E-state index contributed by atoms with van der Waals surface area (Å²) in [4.78, 5) is 15.1. The molecule has 1 amide bonds. The molecule has 0 saturated heterocycles. The minimum Gasteiger partial charge on any atom is -0.358 e. The molecule has 4 nitrogen and oxygen atoms in total. The third-order valence-corrected chi connectivity index (χ3v) is 6.14. The second kappa shape index (κ2) is 10.3. The van der Waals surface area contributed by atoms with E-state index in [2.05, 4.69) is 16.7 Å². The van der Waals surface area contributed by atoms with Gasteiger partial charge in [0.25, 0.3) is 5.91 Å². The molecule has 170 valence electrons. The lowest BCUT2D eigenvalue weighted by Gasteiger charge is -2.23. The zero-order chi connectivity index (χ0) is 23.4. The Hall–Kier alpha value is -3.03. The number of carbonyl (C=O) groups is 1. The topological polar surface area (TPSA) is 44.4 Å². The van der Waals surface area contributed by atoms with Gasteiger partial charge in [-0.05, 0) is 72.9 Å². The minimum absolute atomic E-state index is 0.0522. The van der Waals surface area contributed by atoms with Crippen molar-refractivity contribution < 1.29 is 13.6 Å². The van der Waals surface area contributed by atoms with E-state index in [0.29, 0.717) is 22.7 Å². The Bertz CT molecular complexity index is 1180. The molecule has 0 fully saturated rings. The molecule has 1 aliphatic rings. The molecule has 0 saturated carbocycles. The normalized spacial score (nSPS) is 13.1. The van der Waals surface area contributed by atoms with Gasteiger partial charge in [-0.1, -0.05) is 41.9 Å². The van der Waals surface area contributed by atoms with Crippen LogP contribution >= 0.6 is 23.8 Å². The van der Waals surface area contributed by atoms with E-state index < -0.39 is 11.6 Å². The van der Waals surface area contributed by atoms with Gasteiger partial charge in [0, 0.05) is 29.4 Å². The summed E-state index contributed by atoms with van der Waals surface area (Å²) in [5.41, 5.74) is 2.98. The first-order valence-electron chi connectivity index (χ1n) is 10.6. The maximum Gasteiger partial charge on any atom is 0.258 e. The number of hydrogen-bond acceptors (Lipinski definition) is 2. The van der Waals surface area contributed by atoms with E-state index in [1.165, 1.54) is 11.6 Å². The second-order valence-corrected chi connectivity index (χ2v) is 8.57. The van der Waals surface area contributed by atoms with Gasteiger partial charge in [-0.2, -0.15) is 0 Å². The van der Waals surface area contributed by atoms with E-state index in [-0.39, 0.29) is 23.3 Å². The van der Waals surface area contributed by atoms with Crippen molar-refractivity contribution in [1.82, 2.24) is 5.32 Å². The van der Waals surface area contributed by atoms with Crippen molar-refractivity contribution in [2.75, 3.05) is 16.8 Å². The van der Waals surface area contributed by atoms with Gasteiger partial charge in [-0.15, -0.1) is 0 Å². The van der Waals surface area contributed by atoms with Crippen LogP contribution in [0.2, 0.25) is 5.02 Å². The smallest absolute Gasteiger partial charge is 0.258 e. The molecular formula is C25H22ClF2N3OS. The van der Waals surface area contributed by atoms with Gasteiger partial charge in [0.1, 0.15) is 17.3 Å². The summed E-state index contributed by atoms with van der Waals surface area (Å²) in [6.07, 6.45) is 2.93. The summed E-state index contributed by atoms with van der Waals surface area (Å²) in [7, 11) is 0. The fraction of sp³-hybridized carbons (Fsp3) is 0.200. The number of halogens is 3. The number of hydrogen-bond donors (Lipinski definition) is 2. The fourth-order valence-electron chi connectivity index (χ4n) is 3.83. The Morgan fingerprint density at radius 2 is 1.79 bits per heavy atom.